The Morgan fingerprint density at radius 3 is 3.00 bits per heavy atom. The van der Waals surface area contributed by atoms with Gasteiger partial charge in [0.15, 0.2) is 0 Å². The summed E-state index contributed by atoms with van der Waals surface area (Å²) in [6.07, 6.45) is 5.77. The Hall–Kier alpha value is -1.55. The summed E-state index contributed by atoms with van der Waals surface area (Å²) in [6, 6.07) is 7.63. The number of morpholine rings is 1. The van der Waals surface area contributed by atoms with Gasteiger partial charge in [-0.1, -0.05) is 25.0 Å². The van der Waals surface area contributed by atoms with Crippen LogP contribution in [-0.4, -0.2) is 41.2 Å². The first kappa shape index (κ1) is 14.1. The number of fused-ring (bicyclic) bond motifs is 1. The fraction of sp³-hybridized carbons (Fsp3) is 0.611. The van der Waals surface area contributed by atoms with Crippen molar-refractivity contribution in [2.45, 2.75) is 50.2 Å². The molecule has 118 valence electrons. The third-order valence-corrected chi connectivity index (χ3v) is 5.42. The maximum Gasteiger partial charge on any atom is 0.226 e. The van der Waals surface area contributed by atoms with Crippen LogP contribution in [0.15, 0.2) is 24.3 Å². The number of aromatic hydroxyl groups is 1. The lowest BCUT2D eigenvalue weighted by Gasteiger charge is -2.44. The molecule has 1 amide bonds. The van der Waals surface area contributed by atoms with Gasteiger partial charge in [-0.15, -0.1) is 0 Å². The van der Waals surface area contributed by atoms with Gasteiger partial charge < -0.3 is 14.7 Å². The van der Waals surface area contributed by atoms with Crippen molar-refractivity contribution in [2.24, 2.45) is 5.92 Å². The van der Waals surface area contributed by atoms with Crippen LogP contribution >= 0.6 is 0 Å². The minimum absolute atomic E-state index is 0.0995. The number of hydrogen-bond acceptors (Lipinski definition) is 3. The number of nitrogens with zero attached hydrogens (tertiary/aromatic N) is 1. The van der Waals surface area contributed by atoms with Crippen LogP contribution in [0, 0.1) is 5.92 Å². The topological polar surface area (TPSA) is 49.8 Å². The quantitative estimate of drug-likeness (QED) is 0.913. The van der Waals surface area contributed by atoms with Crippen LogP contribution in [0.4, 0.5) is 0 Å². The van der Waals surface area contributed by atoms with Crippen LogP contribution in [-0.2, 0) is 9.53 Å². The van der Waals surface area contributed by atoms with Gasteiger partial charge in [-0.2, -0.15) is 0 Å². The summed E-state index contributed by atoms with van der Waals surface area (Å²) in [5.74, 6) is 0.967. The Bertz CT molecular complexity index is 571. The molecule has 2 aliphatic carbocycles. The summed E-state index contributed by atoms with van der Waals surface area (Å²) in [4.78, 5) is 15.0. The zero-order chi connectivity index (χ0) is 15.1. The van der Waals surface area contributed by atoms with Crippen LogP contribution in [0.3, 0.4) is 0 Å². The van der Waals surface area contributed by atoms with E-state index in [1.165, 1.54) is 12.8 Å². The first-order chi connectivity index (χ1) is 10.7. The predicted octanol–water partition coefficient (Wildman–Crippen LogP) is 2.67. The van der Waals surface area contributed by atoms with Crippen molar-refractivity contribution >= 4 is 5.91 Å². The van der Waals surface area contributed by atoms with E-state index in [1.54, 1.807) is 12.1 Å². The summed E-state index contributed by atoms with van der Waals surface area (Å²) < 4.78 is 5.86. The second kappa shape index (κ2) is 5.58. The molecule has 4 nitrogen and oxygen atoms in total. The van der Waals surface area contributed by atoms with Crippen LogP contribution in [0.2, 0.25) is 0 Å². The molecular weight excluding hydrogens is 278 g/mol. The molecule has 4 heteroatoms. The molecule has 2 saturated carbocycles. The van der Waals surface area contributed by atoms with Crippen LogP contribution in [0.1, 0.15) is 43.6 Å². The lowest BCUT2D eigenvalue weighted by molar-refractivity contribution is -0.151. The molecule has 2 unspecified atom stereocenters. The number of carbonyl (C=O) groups excluding carboxylic acids is 1. The maximum absolute atomic E-state index is 12.9. The molecule has 3 fully saturated rings. The van der Waals surface area contributed by atoms with Gasteiger partial charge in [0.05, 0.1) is 18.8 Å². The lowest BCUT2D eigenvalue weighted by atomic mass is 9.90. The van der Waals surface area contributed by atoms with Crippen molar-refractivity contribution in [3.8, 4) is 5.75 Å². The number of benzene rings is 1. The van der Waals surface area contributed by atoms with Crippen molar-refractivity contribution in [3.63, 3.8) is 0 Å². The van der Waals surface area contributed by atoms with Crippen LogP contribution < -0.4 is 0 Å². The third kappa shape index (κ3) is 2.50. The number of ether oxygens (including phenoxy) is 1. The van der Waals surface area contributed by atoms with Crippen molar-refractivity contribution < 1.29 is 14.6 Å². The van der Waals surface area contributed by atoms with E-state index in [2.05, 4.69) is 4.90 Å². The Labute approximate surface area is 131 Å². The SMILES string of the molecule is O=C([C@H]1C[C@@H]1c1cccc(O)c1)N1CCOC2CCCCC21. The van der Waals surface area contributed by atoms with E-state index >= 15 is 0 Å². The summed E-state index contributed by atoms with van der Waals surface area (Å²) in [5, 5.41) is 9.61. The monoisotopic (exact) mass is 301 g/mol. The summed E-state index contributed by atoms with van der Waals surface area (Å²) in [5.41, 5.74) is 1.09. The first-order valence-electron chi connectivity index (χ1n) is 8.45. The Balaban J connectivity index is 1.46. The van der Waals surface area contributed by atoms with Gasteiger partial charge in [-0.05, 0) is 42.9 Å². The molecule has 4 atom stereocenters. The molecule has 3 aliphatic rings. The molecule has 0 radical (unpaired) electrons. The minimum atomic E-state index is 0.0995. The van der Waals surface area contributed by atoms with E-state index in [4.69, 9.17) is 4.74 Å². The van der Waals surface area contributed by atoms with Crippen LogP contribution in [0.5, 0.6) is 5.75 Å². The molecule has 1 aromatic carbocycles. The average Bonchev–Trinajstić information content (AvgIpc) is 3.34. The number of carbonyl (C=O) groups is 1. The molecule has 0 spiro atoms. The fourth-order valence-electron chi connectivity index (χ4n) is 4.17. The van der Waals surface area contributed by atoms with E-state index in [0.29, 0.717) is 18.6 Å². The number of phenolic OH excluding ortho intramolecular Hbond substituents is 1. The average molecular weight is 301 g/mol. The van der Waals surface area contributed by atoms with E-state index in [9.17, 15) is 9.90 Å². The van der Waals surface area contributed by atoms with E-state index in [-0.39, 0.29) is 23.7 Å². The molecule has 1 aliphatic heterocycles. The standard InChI is InChI=1S/C18H23NO3/c20-13-5-3-4-12(10-13)14-11-15(14)18(21)19-8-9-22-17-7-2-1-6-16(17)19/h3-5,10,14-17,20H,1-2,6-9,11H2/t14-,15+,16?,17?/m1/s1. The second-order valence-electron chi connectivity index (χ2n) is 6.84. The highest BCUT2D eigenvalue weighted by Crippen LogP contribution is 2.49. The maximum atomic E-state index is 12.9. The summed E-state index contributed by atoms with van der Waals surface area (Å²) in [6.45, 7) is 1.42. The van der Waals surface area contributed by atoms with Gasteiger partial charge >= 0.3 is 0 Å². The van der Waals surface area contributed by atoms with E-state index < -0.39 is 0 Å². The number of amides is 1. The lowest BCUT2D eigenvalue weighted by Crippen LogP contribution is -2.55. The van der Waals surface area contributed by atoms with Gasteiger partial charge in [0.1, 0.15) is 5.75 Å². The van der Waals surface area contributed by atoms with Crippen molar-refractivity contribution in [1.29, 1.82) is 0 Å². The Morgan fingerprint density at radius 2 is 2.14 bits per heavy atom. The third-order valence-electron chi connectivity index (χ3n) is 5.42. The highest BCUT2D eigenvalue weighted by Gasteiger charge is 2.48. The molecular formula is C18H23NO3. The number of phenols is 1. The normalized spacial score (nSPS) is 34.1. The zero-order valence-electron chi connectivity index (χ0n) is 12.8. The summed E-state index contributed by atoms with van der Waals surface area (Å²) >= 11 is 0. The molecule has 1 saturated heterocycles. The Kier molecular flexibility index (Phi) is 3.57. The van der Waals surface area contributed by atoms with Gasteiger partial charge in [0.25, 0.3) is 0 Å². The Morgan fingerprint density at radius 1 is 1.27 bits per heavy atom. The zero-order valence-corrected chi connectivity index (χ0v) is 12.8. The van der Waals surface area contributed by atoms with E-state index in [1.807, 2.05) is 12.1 Å². The fourth-order valence-corrected chi connectivity index (χ4v) is 4.17. The summed E-state index contributed by atoms with van der Waals surface area (Å²) in [7, 11) is 0. The second-order valence-corrected chi connectivity index (χ2v) is 6.84. The molecule has 4 rings (SSSR count). The molecule has 1 aromatic rings. The molecule has 0 bridgehead atoms. The van der Waals surface area contributed by atoms with Gasteiger partial charge in [0, 0.05) is 12.5 Å². The largest absolute Gasteiger partial charge is 0.508 e. The molecule has 0 aromatic heterocycles. The van der Waals surface area contributed by atoms with Gasteiger partial charge in [-0.3, -0.25) is 4.79 Å². The smallest absolute Gasteiger partial charge is 0.226 e. The van der Waals surface area contributed by atoms with Crippen molar-refractivity contribution in [3.05, 3.63) is 29.8 Å². The highest BCUT2D eigenvalue weighted by atomic mass is 16.5. The van der Waals surface area contributed by atoms with Crippen molar-refractivity contribution in [2.75, 3.05) is 13.2 Å². The van der Waals surface area contributed by atoms with Crippen LogP contribution in [0.25, 0.3) is 0 Å². The van der Waals surface area contributed by atoms with Gasteiger partial charge in [0.2, 0.25) is 5.91 Å². The molecule has 1 N–H and O–H groups in total. The minimum Gasteiger partial charge on any atom is -0.508 e. The predicted molar refractivity (Wildman–Crippen MR) is 82.7 cm³/mol. The molecule has 1 heterocycles. The number of rotatable bonds is 2. The van der Waals surface area contributed by atoms with Gasteiger partial charge in [-0.25, -0.2) is 0 Å². The molecule has 22 heavy (non-hydrogen) atoms. The first-order valence-corrected chi connectivity index (χ1v) is 8.45. The highest BCUT2D eigenvalue weighted by molar-refractivity contribution is 5.83. The van der Waals surface area contributed by atoms with Crippen molar-refractivity contribution in [1.82, 2.24) is 4.90 Å². The van der Waals surface area contributed by atoms with E-state index in [0.717, 1.165) is 31.4 Å². The number of hydrogen-bond donors (Lipinski definition) is 1.